The van der Waals surface area contributed by atoms with Gasteiger partial charge in [-0.2, -0.15) is 0 Å². The minimum Gasteiger partial charge on any atom is -0.484 e. The maximum absolute atomic E-state index is 13.3. The molecule has 2 amide bonds. The van der Waals surface area contributed by atoms with Gasteiger partial charge in [0.2, 0.25) is 5.91 Å². The summed E-state index contributed by atoms with van der Waals surface area (Å²) < 4.78 is 5.84. The molecule has 0 aliphatic carbocycles. The smallest absolute Gasteiger partial charge is 0.261 e. The number of ether oxygens (including phenoxy) is 1. The summed E-state index contributed by atoms with van der Waals surface area (Å²) in [5, 5.41) is 3.03. The van der Waals surface area contributed by atoms with Gasteiger partial charge in [0.15, 0.2) is 6.61 Å². The van der Waals surface area contributed by atoms with Gasteiger partial charge in [0.25, 0.3) is 5.91 Å². The second kappa shape index (κ2) is 10.9. The van der Waals surface area contributed by atoms with Crippen molar-refractivity contribution in [1.82, 2.24) is 10.2 Å². The van der Waals surface area contributed by atoms with Crippen LogP contribution in [0.1, 0.15) is 71.6 Å². The zero-order chi connectivity index (χ0) is 24.8. The molecule has 0 bridgehead atoms. The molecule has 1 N–H and O–H groups in total. The molecule has 0 saturated heterocycles. The Kier molecular flexibility index (Phi) is 8.70. The molecule has 33 heavy (non-hydrogen) atoms. The summed E-state index contributed by atoms with van der Waals surface area (Å²) in [5.41, 5.74) is 2.97. The number of carbonyl (C=O) groups excluding carboxylic acids is 2. The first-order chi connectivity index (χ1) is 15.3. The summed E-state index contributed by atoms with van der Waals surface area (Å²) >= 11 is 0. The number of nitrogens with one attached hydrogen (secondary N) is 1. The Morgan fingerprint density at radius 3 is 2.09 bits per heavy atom. The van der Waals surface area contributed by atoms with Crippen LogP contribution in [-0.4, -0.2) is 34.9 Å². The van der Waals surface area contributed by atoms with E-state index >= 15 is 0 Å². The first kappa shape index (κ1) is 26.4. The van der Waals surface area contributed by atoms with Crippen LogP contribution in [0.25, 0.3) is 0 Å². The monoisotopic (exact) mass is 452 g/mol. The van der Waals surface area contributed by atoms with Gasteiger partial charge in [0.05, 0.1) is 0 Å². The molecular weight excluding hydrogens is 412 g/mol. The molecule has 1 atom stereocenters. The Morgan fingerprint density at radius 2 is 1.58 bits per heavy atom. The van der Waals surface area contributed by atoms with Crippen LogP contribution in [0.5, 0.6) is 5.75 Å². The van der Waals surface area contributed by atoms with E-state index < -0.39 is 6.04 Å². The normalized spacial score (nSPS) is 12.7. The van der Waals surface area contributed by atoms with Crippen LogP contribution in [0.15, 0.2) is 48.5 Å². The van der Waals surface area contributed by atoms with Crippen molar-refractivity contribution in [3.63, 3.8) is 0 Å². The lowest BCUT2D eigenvalue weighted by Gasteiger charge is -2.33. The lowest BCUT2D eigenvalue weighted by molar-refractivity contribution is -0.143. The summed E-state index contributed by atoms with van der Waals surface area (Å²) in [4.78, 5) is 28.1. The molecule has 0 aliphatic rings. The molecule has 0 saturated carbocycles. The molecule has 5 nitrogen and oxygen atoms in total. The fourth-order valence-electron chi connectivity index (χ4n) is 3.62. The fourth-order valence-corrected chi connectivity index (χ4v) is 3.62. The zero-order valence-electron chi connectivity index (χ0n) is 21.5. The quantitative estimate of drug-likeness (QED) is 0.584. The van der Waals surface area contributed by atoms with E-state index in [4.69, 9.17) is 4.74 Å². The second-order valence-electron chi connectivity index (χ2n) is 10.7. The molecule has 0 radical (unpaired) electrons. The van der Waals surface area contributed by atoms with Gasteiger partial charge < -0.3 is 15.0 Å². The minimum absolute atomic E-state index is 0.0491. The number of rotatable bonds is 8. The van der Waals surface area contributed by atoms with E-state index in [1.165, 1.54) is 5.56 Å². The molecule has 0 spiro atoms. The van der Waals surface area contributed by atoms with Gasteiger partial charge in [-0.15, -0.1) is 0 Å². The number of hydrogen-bond acceptors (Lipinski definition) is 3. The summed E-state index contributed by atoms with van der Waals surface area (Å²) in [5.74, 6) is 0.273. The van der Waals surface area contributed by atoms with E-state index in [-0.39, 0.29) is 29.4 Å². The van der Waals surface area contributed by atoms with Crippen molar-refractivity contribution < 1.29 is 14.3 Å². The molecule has 0 aromatic heterocycles. The minimum atomic E-state index is -0.580. The van der Waals surface area contributed by atoms with Gasteiger partial charge in [-0.3, -0.25) is 9.59 Å². The van der Waals surface area contributed by atoms with Crippen molar-refractivity contribution >= 4 is 11.8 Å². The fraction of sp³-hybridized carbons (Fsp3) is 0.500. The molecule has 0 unspecified atom stereocenters. The van der Waals surface area contributed by atoms with Crippen molar-refractivity contribution in [3.05, 3.63) is 65.2 Å². The van der Waals surface area contributed by atoms with Crippen LogP contribution in [0.2, 0.25) is 0 Å². The predicted octanol–water partition coefficient (Wildman–Crippen LogP) is 5.39. The summed E-state index contributed by atoms with van der Waals surface area (Å²) in [6.45, 7) is 16.5. The maximum atomic E-state index is 13.3. The molecule has 5 heteroatoms. The molecule has 2 aromatic carbocycles. The molecule has 0 heterocycles. The molecule has 0 fully saturated rings. The van der Waals surface area contributed by atoms with E-state index in [9.17, 15) is 9.59 Å². The Balaban J connectivity index is 2.23. The van der Waals surface area contributed by atoms with Gasteiger partial charge in [0.1, 0.15) is 11.8 Å². The average molecular weight is 453 g/mol. The van der Waals surface area contributed by atoms with Crippen molar-refractivity contribution in [2.75, 3.05) is 6.61 Å². The Bertz CT molecular complexity index is 937. The van der Waals surface area contributed by atoms with Gasteiger partial charge in [-0.1, -0.05) is 64.1 Å². The highest BCUT2D eigenvalue weighted by Crippen LogP contribution is 2.24. The standard InChI is InChI=1S/C28H40N2O3/c1-9-24(26(32)29-28(6,7)8)30(18-21-13-11-10-12-20(21)2)25(31)19-33-23-16-14-22(15-17-23)27(3,4)5/h10-17,24H,9,18-19H2,1-8H3,(H,29,32)/t24-/m0/s1. The Labute approximate surface area is 199 Å². The summed E-state index contributed by atoms with van der Waals surface area (Å²) in [6.07, 6.45) is 0.514. The summed E-state index contributed by atoms with van der Waals surface area (Å²) in [6, 6.07) is 15.2. The molecule has 2 aromatic rings. The first-order valence-corrected chi connectivity index (χ1v) is 11.7. The van der Waals surface area contributed by atoms with Crippen LogP contribution >= 0.6 is 0 Å². The van der Waals surface area contributed by atoms with Crippen LogP contribution in [0, 0.1) is 6.92 Å². The summed E-state index contributed by atoms with van der Waals surface area (Å²) in [7, 11) is 0. The van der Waals surface area contributed by atoms with E-state index in [1.807, 2.05) is 83.1 Å². The number of nitrogens with zero attached hydrogens (tertiary/aromatic N) is 1. The highest BCUT2D eigenvalue weighted by atomic mass is 16.5. The molecule has 2 rings (SSSR count). The predicted molar refractivity (Wildman–Crippen MR) is 134 cm³/mol. The van der Waals surface area contributed by atoms with Crippen LogP contribution < -0.4 is 10.1 Å². The van der Waals surface area contributed by atoms with Crippen LogP contribution in [0.3, 0.4) is 0 Å². The van der Waals surface area contributed by atoms with E-state index in [0.717, 1.165) is 11.1 Å². The van der Waals surface area contributed by atoms with Gasteiger partial charge >= 0.3 is 0 Å². The Hall–Kier alpha value is -2.82. The molecule has 180 valence electrons. The third-order valence-corrected chi connectivity index (χ3v) is 5.57. The molecular formula is C28H40N2O3. The number of carbonyl (C=O) groups is 2. The van der Waals surface area contributed by atoms with Crippen LogP contribution in [-0.2, 0) is 21.5 Å². The number of benzene rings is 2. The average Bonchev–Trinajstić information content (AvgIpc) is 2.71. The topological polar surface area (TPSA) is 58.6 Å². The zero-order valence-corrected chi connectivity index (χ0v) is 21.5. The SMILES string of the molecule is CC[C@@H](C(=O)NC(C)(C)C)N(Cc1ccccc1C)C(=O)COc1ccc(C(C)(C)C)cc1. The largest absolute Gasteiger partial charge is 0.484 e. The Morgan fingerprint density at radius 1 is 0.970 bits per heavy atom. The van der Waals surface area contributed by atoms with Crippen molar-refractivity contribution in [2.45, 2.75) is 85.4 Å². The number of amides is 2. The highest BCUT2D eigenvalue weighted by Gasteiger charge is 2.31. The van der Waals surface area contributed by atoms with Crippen molar-refractivity contribution in [1.29, 1.82) is 0 Å². The van der Waals surface area contributed by atoms with Crippen LogP contribution in [0.4, 0.5) is 0 Å². The van der Waals surface area contributed by atoms with Crippen molar-refractivity contribution in [2.24, 2.45) is 0 Å². The second-order valence-corrected chi connectivity index (χ2v) is 10.7. The maximum Gasteiger partial charge on any atom is 0.261 e. The lowest BCUT2D eigenvalue weighted by Crippen LogP contribution is -2.54. The van der Waals surface area contributed by atoms with E-state index in [1.54, 1.807) is 4.90 Å². The third-order valence-electron chi connectivity index (χ3n) is 5.57. The van der Waals surface area contributed by atoms with E-state index in [2.05, 4.69) is 26.1 Å². The first-order valence-electron chi connectivity index (χ1n) is 11.7. The van der Waals surface area contributed by atoms with E-state index in [0.29, 0.717) is 18.7 Å². The van der Waals surface area contributed by atoms with Gasteiger partial charge in [-0.05, 0) is 68.4 Å². The molecule has 0 aliphatic heterocycles. The van der Waals surface area contributed by atoms with Gasteiger partial charge in [0, 0.05) is 12.1 Å². The van der Waals surface area contributed by atoms with Gasteiger partial charge in [-0.25, -0.2) is 0 Å². The lowest BCUT2D eigenvalue weighted by atomic mass is 9.87. The number of hydrogen-bond donors (Lipinski definition) is 1. The highest BCUT2D eigenvalue weighted by molar-refractivity contribution is 5.88. The number of aryl methyl sites for hydroxylation is 1. The van der Waals surface area contributed by atoms with Crippen molar-refractivity contribution in [3.8, 4) is 5.75 Å². The third kappa shape index (κ3) is 7.92.